The molecule has 1 aromatic carbocycles. The van der Waals surface area contributed by atoms with Crippen molar-refractivity contribution in [3.63, 3.8) is 0 Å². The Balaban J connectivity index is 2.04. The number of sulfone groups is 1. The fourth-order valence-corrected chi connectivity index (χ4v) is 3.07. The van der Waals surface area contributed by atoms with Gasteiger partial charge in [0.25, 0.3) is 5.56 Å². The number of aromatic amines is 1. The van der Waals surface area contributed by atoms with Crippen molar-refractivity contribution < 1.29 is 13.2 Å². The molecule has 0 fully saturated rings. The molecule has 0 atom stereocenters. The van der Waals surface area contributed by atoms with Gasteiger partial charge in [0.1, 0.15) is 9.84 Å². The van der Waals surface area contributed by atoms with Gasteiger partial charge in [-0.1, -0.05) is 19.9 Å². The standard InChI is InChI=1S/C18H24N2O4S/c1-12(2)13-4-5-16-15(10-13)11-14(18(22)20-16)6-8-19-17(21)7-9-25(3,23)24/h4-5,10-12H,6-9H2,1-3H3,(H,19,21)(H,20,22). The molecule has 0 spiro atoms. The van der Waals surface area contributed by atoms with E-state index < -0.39 is 9.84 Å². The first kappa shape index (κ1) is 19.2. The van der Waals surface area contributed by atoms with Gasteiger partial charge in [0.15, 0.2) is 0 Å². The van der Waals surface area contributed by atoms with E-state index in [1.165, 1.54) is 5.56 Å². The molecule has 0 saturated carbocycles. The van der Waals surface area contributed by atoms with Crippen LogP contribution in [0.4, 0.5) is 0 Å². The van der Waals surface area contributed by atoms with Crippen LogP contribution in [0.25, 0.3) is 10.9 Å². The third-order valence-corrected chi connectivity index (χ3v) is 4.97. The van der Waals surface area contributed by atoms with E-state index in [2.05, 4.69) is 30.2 Å². The number of carbonyl (C=O) groups excluding carboxylic acids is 1. The van der Waals surface area contributed by atoms with Crippen LogP contribution in [-0.4, -0.2) is 37.9 Å². The fraction of sp³-hybridized carbons (Fsp3) is 0.444. The number of aromatic nitrogens is 1. The average molecular weight is 364 g/mol. The third kappa shape index (κ3) is 5.70. The van der Waals surface area contributed by atoms with Crippen LogP contribution in [0.3, 0.4) is 0 Å². The van der Waals surface area contributed by atoms with Gasteiger partial charge in [-0.3, -0.25) is 9.59 Å². The molecule has 0 saturated heterocycles. The lowest BCUT2D eigenvalue weighted by molar-refractivity contribution is -0.120. The summed E-state index contributed by atoms with van der Waals surface area (Å²) in [5.74, 6) is -0.105. The lowest BCUT2D eigenvalue weighted by atomic mass is 10.0. The minimum Gasteiger partial charge on any atom is -0.356 e. The summed E-state index contributed by atoms with van der Waals surface area (Å²) in [7, 11) is -3.15. The van der Waals surface area contributed by atoms with Crippen LogP contribution >= 0.6 is 0 Å². The molecule has 6 nitrogen and oxygen atoms in total. The first-order chi connectivity index (χ1) is 11.7. The molecule has 0 aliphatic carbocycles. The lowest BCUT2D eigenvalue weighted by Crippen LogP contribution is -2.28. The van der Waals surface area contributed by atoms with E-state index in [4.69, 9.17) is 0 Å². The highest BCUT2D eigenvalue weighted by molar-refractivity contribution is 7.90. The largest absolute Gasteiger partial charge is 0.356 e. The van der Waals surface area contributed by atoms with Gasteiger partial charge in [-0.25, -0.2) is 8.42 Å². The number of rotatable bonds is 7. The van der Waals surface area contributed by atoms with Gasteiger partial charge < -0.3 is 10.3 Å². The molecular formula is C18H24N2O4S. The maximum atomic E-state index is 12.1. The summed E-state index contributed by atoms with van der Waals surface area (Å²) in [5, 5.41) is 3.61. The minimum atomic E-state index is -3.15. The number of fused-ring (bicyclic) bond motifs is 1. The smallest absolute Gasteiger partial charge is 0.251 e. The molecule has 1 amide bonds. The van der Waals surface area contributed by atoms with Crippen molar-refractivity contribution in [2.75, 3.05) is 18.6 Å². The zero-order chi connectivity index (χ0) is 18.6. The van der Waals surface area contributed by atoms with Crippen molar-refractivity contribution in [2.24, 2.45) is 0 Å². The SMILES string of the molecule is CC(C)c1ccc2[nH]c(=O)c(CCNC(=O)CCS(C)(=O)=O)cc2c1. The summed E-state index contributed by atoms with van der Waals surface area (Å²) in [6.07, 6.45) is 1.42. The molecule has 2 N–H and O–H groups in total. The summed E-state index contributed by atoms with van der Waals surface area (Å²) in [4.78, 5) is 26.6. The topological polar surface area (TPSA) is 96.1 Å². The quantitative estimate of drug-likeness (QED) is 0.782. The van der Waals surface area contributed by atoms with E-state index in [9.17, 15) is 18.0 Å². The Morgan fingerprint density at radius 3 is 2.60 bits per heavy atom. The number of H-pyrrole nitrogens is 1. The Morgan fingerprint density at radius 2 is 1.96 bits per heavy atom. The van der Waals surface area contributed by atoms with Crippen molar-refractivity contribution in [3.05, 3.63) is 45.7 Å². The number of carbonyl (C=O) groups is 1. The first-order valence-electron chi connectivity index (χ1n) is 8.26. The van der Waals surface area contributed by atoms with Gasteiger partial charge in [-0.2, -0.15) is 0 Å². The summed E-state index contributed by atoms with van der Waals surface area (Å²) in [6, 6.07) is 7.82. The number of amides is 1. The number of hydrogen-bond donors (Lipinski definition) is 2. The molecule has 0 bridgehead atoms. The molecule has 0 unspecified atom stereocenters. The Kier molecular flexibility index (Phi) is 6.00. The van der Waals surface area contributed by atoms with E-state index in [1.807, 2.05) is 18.2 Å². The number of hydrogen-bond acceptors (Lipinski definition) is 4. The van der Waals surface area contributed by atoms with E-state index in [-0.39, 0.29) is 23.6 Å². The van der Waals surface area contributed by atoms with Crippen molar-refractivity contribution in [1.29, 1.82) is 0 Å². The average Bonchev–Trinajstić information content (AvgIpc) is 2.52. The van der Waals surface area contributed by atoms with Crippen LogP contribution in [0.5, 0.6) is 0 Å². The predicted molar refractivity (Wildman–Crippen MR) is 99.7 cm³/mol. The second-order valence-electron chi connectivity index (χ2n) is 6.60. The van der Waals surface area contributed by atoms with Crippen molar-refractivity contribution in [1.82, 2.24) is 10.3 Å². The second kappa shape index (κ2) is 7.82. The van der Waals surface area contributed by atoms with E-state index in [1.54, 1.807) is 0 Å². The summed E-state index contributed by atoms with van der Waals surface area (Å²) in [6.45, 7) is 4.51. The Hall–Kier alpha value is -2.15. The maximum Gasteiger partial charge on any atom is 0.251 e. The first-order valence-corrected chi connectivity index (χ1v) is 10.3. The molecule has 1 aromatic heterocycles. The molecule has 0 aliphatic rings. The van der Waals surface area contributed by atoms with Gasteiger partial charge in [0.2, 0.25) is 5.91 Å². The molecule has 25 heavy (non-hydrogen) atoms. The summed E-state index contributed by atoms with van der Waals surface area (Å²) < 4.78 is 22.1. The number of pyridine rings is 1. The predicted octanol–water partition coefficient (Wildman–Crippen LogP) is 1.74. The van der Waals surface area contributed by atoms with E-state index in [0.717, 1.165) is 17.2 Å². The van der Waals surface area contributed by atoms with E-state index in [0.29, 0.717) is 24.4 Å². The molecule has 0 radical (unpaired) electrons. The van der Waals surface area contributed by atoms with Gasteiger partial charge in [-0.05, 0) is 41.5 Å². The molecule has 136 valence electrons. The number of nitrogens with one attached hydrogen (secondary N) is 2. The molecule has 7 heteroatoms. The third-order valence-electron chi connectivity index (χ3n) is 4.03. The lowest BCUT2D eigenvalue weighted by Gasteiger charge is -2.09. The Morgan fingerprint density at radius 1 is 1.24 bits per heavy atom. The fourth-order valence-electron chi connectivity index (χ4n) is 2.52. The van der Waals surface area contributed by atoms with Crippen LogP contribution in [0.2, 0.25) is 0 Å². The highest BCUT2D eigenvalue weighted by atomic mass is 32.2. The van der Waals surface area contributed by atoms with Crippen LogP contribution in [0, 0.1) is 0 Å². The minimum absolute atomic E-state index is 0.0648. The van der Waals surface area contributed by atoms with Crippen LogP contribution in [0.1, 0.15) is 37.3 Å². The van der Waals surface area contributed by atoms with Crippen molar-refractivity contribution in [2.45, 2.75) is 32.6 Å². The second-order valence-corrected chi connectivity index (χ2v) is 8.86. The maximum absolute atomic E-state index is 12.1. The molecular weight excluding hydrogens is 340 g/mol. The van der Waals surface area contributed by atoms with Crippen molar-refractivity contribution in [3.8, 4) is 0 Å². The van der Waals surface area contributed by atoms with Gasteiger partial charge in [0, 0.05) is 30.3 Å². The summed E-state index contributed by atoms with van der Waals surface area (Å²) in [5.41, 5.74) is 2.40. The molecule has 0 aliphatic heterocycles. The molecule has 2 aromatic rings. The highest BCUT2D eigenvalue weighted by Gasteiger charge is 2.09. The Labute approximate surface area is 147 Å². The normalized spacial score (nSPS) is 11.8. The van der Waals surface area contributed by atoms with Gasteiger partial charge in [-0.15, -0.1) is 0 Å². The number of benzene rings is 1. The highest BCUT2D eigenvalue weighted by Crippen LogP contribution is 2.20. The monoisotopic (exact) mass is 364 g/mol. The van der Waals surface area contributed by atoms with Crippen molar-refractivity contribution >= 4 is 26.6 Å². The summed E-state index contributed by atoms with van der Waals surface area (Å²) >= 11 is 0. The zero-order valence-corrected chi connectivity index (χ0v) is 15.6. The van der Waals surface area contributed by atoms with E-state index >= 15 is 0 Å². The van der Waals surface area contributed by atoms with Gasteiger partial charge in [0.05, 0.1) is 5.75 Å². The Bertz CT molecular complexity index is 930. The zero-order valence-electron chi connectivity index (χ0n) is 14.8. The molecule has 1 heterocycles. The molecule has 2 rings (SSSR count). The van der Waals surface area contributed by atoms with Crippen LogP contribution in [0.15, 0.2) is 29.1 Å². The van der Waals surface area contributed by atoms with Gasteiger partial charge >= 0.3 is 0 Å². The van der Waals surface area contributed by atoms with Crippen LogP contribution < -0.4 is 10.9 Å². The van der Waals surface area contributed by atoms with Crippen LogP contribution in [-0.2, 0) is 21.1 Å².